The highest BCUT2D eigenvalue weighted by atomic mass is 16.7. The number of amides is 1. The van der Waals surface area contributed by atoms with Crippen LogP contribution in [-0.2, 0) is 6.54 Å². The molecule has 2 heterocycles. The molecule has 6 heteroatoms. The van der Waals surface area contributed by atoms with Crippen LogP contribution in [0.5, 0.6) is 17.2 Å². The second-order valence-electron chi connectivity index (χ2n) is 7.55. The molecule has 0 bridgehead atoms. The van der Waals surface area contributed by atoms with E-state index in [9.17, 15) is 4.79 Å². The fourth-order valence-electron chi connectivity index (χ4n) is 3.78. The number of rotatable bonds is 7. The molecule has 1 amide bonds. The molecule has 2 aliphatic rings. The van der Waals surface area contributed by atoms with Crippen molar-refractivity contribution in [2.24, 2.45) is 0 Å². The smallest absolute Gasteiger partial charge is 0.251 e. The van der Waals surface area contributed by atoms with Gasteiger partial charge in [0.05, 0.1) is 0 Å². The average molecular weight is 396 g/mol. The average Bonchev–Trinajstić information content (AvgIpc) is 3.13. The van der Waals surface area contributed by atoms with Crippen molar-refractivity contribution in [2.75, 3.05) is 26.4 Å². The van der Waals surface area contributed by atoms with E-state index in [2.05, 4.69) is 29.3 Å². The number of hydrogen-bond donors (Lipinski definition) is 1. The highest BCUT2D eigenvalue weighted by molar-refractivity contribution is 5.94. The molecule has 6 nitrogen and oxygen atoms in total. The third kappa shape index (κ3) is 4.82. The summed E-state index contributed by atoms with van der Waals surface area (Å²) in [5.41, 5.74) is 1.79. The number of nitrogens with one attached hydrogen (secondary N) is 1. The number of fused-ring (bicyclic) bond motifs is 2. The quantitative estimate of drug-likeness (QED) is 0.775. The van der Waals surface area contributed by atoms with Crippen molar-refractivity contribution >= 4 is 5.91 Å². The summed E-state index contributed by atoms with van der Waals surface area (Å²) < 4.78 is 16.9. The normalized spacial score (nSPS) is 17.9. The van der Waals surface area contributed by atoms with Crippen LogP contribution in [0, 0.1) is 0 Å². The first-order valence-corrected chi connectivity index (χ1v) is 10.4. The maximum atomic E-state index is 12.5. The van der Waals surface area contributed by atoms with Gasteiger partial charge in [-0.2, -0.15) is 0 Å². The summed E-state index contributed by atoms with van der Waals surface area (Å²) in [5.74, 6) is 2.19. The molecule has 2 aromatic rings. The maximum absolute atomic E-state index is 12.5. The van der Waals surface area contributed by atoms with Gasteiger partial charge in [0.25, 0.3) is 5.91 Å². The number of hydrogen-bond acceptors (Lipinski definition) is 5. The molecule has 0 aromatic heterocycles. The van der Waals surface area contributed by atoms with E-state index in [1.54, 1.807) is 18.2 Å². The Morgan fingerprint density at radius 3 is 2.90 bits per heavy atom. The van der Waals surface area contributed by atoms with Crippen molar-refractivity contribution in [1.82, 2.24) is 10.2 Å². The fourth-order valence-corrected chi connectivity index (χ4v) is 3.78. The molecule has 0 saturated carbocycles. The number of carbonyl (C=O) groups excluding carboxylic acids is 1. The van der Waals surface area contributed by atoms with Crippen LogP contribution in [0.4, 0.5) is 0 Å². The Kier molecular flexibility index (Phi) is 6.20. The monoisotopic (exact) mass is 396 g/mol. The Morgan fingerprint density at radius 2 is 2.00 bits per heavy atom. The fraction of sp³-hybridized carbons (Fsp3) is 0.435. The molecule has 4 rings (SSSR count). The molecule has 0 unspecified atom stereocenters. The van der Waals surface area contributed by atoms with Crippen LogP contribution in [0.3, 0.4) is 0 Å². The number of nitrogens with zero attached hydrogens (tertiary/aromatic N) is 1. The topological polar surface area (TPSA) is 60.0 Å². The van der Waals surface area contributed by atoms with E-state index in [0.717, 1.165) is 44.6 Å². The second-order valence-corrected chi connectivity index (χ2v) is 7.55. The highest BCUT2D eigenvalue weighted by Gasteiger charge is 2.22. The van der Waals surface area contributed by atoms with Crippen molar-refractivity contribution in [3.05, 3.63) is 53.6 Å². The SMILES string of the molecule is CCCC[C@H]1CN(CCNC(=O)c2ccc3c(c2)OCO3)Cc2ccccc2O1. The summed E-state index contributed by atoms with van der Waals surface area (Å²) in [5, 5.41) is 3.02. The molecular weight excluding hydrogens is 368 g/mol. The molecule has 0 radical (unpaired) electrons. The van der Waals surface area contributed by atoms with Crippen LogP contribution in [0.25, 0.3) is 0 Å². The Morgan fingerprint density at radius 1 is 1.14 bits per heavy atom. The van der Waals surface area contributed by atoms with E-state index in [0.29, 0.717) is 23.6 Å². The lowest BCUT2D eigenvalue weighted by atomic mass is 10.1. The number of benzene rings is 2. The van der Waals surface area contributed by atoms with Gasteiger partial charge < -0.3 is 19.5 Å². The molecule has 0 saturated heterocycles. The molecule has 154 valence electrons. The summed E-state index contributed by atoms with van der Waals surface area (Å²) in [4.78, 5) is 14.9. The van der Waals surface area contributed by atoms with Crippen molar-refractivity contribution in [3.63, 3.8) is 0 Å². The zero-order valence-corrected chi connectivity index (χ0v) is 16.9. The van der Waals surface area contributed by atoms with Gasteiger partial charge in [-0.1, -0.05) is 31.5 Å². The first-order chi connectivity index (χ1) is 14.2. The molecule has 2 aliphatic heterocycles. The van der Waals surface area contributed by atoms with Gasteiger partial charge in [-0.15, -0.1) is 0 Å². The van der Waals surface area contributed by atoms with E-state index >= 15 is 0 Å². The minimum absolute atomic E-state index is 0.0997. The minimum atomic E-state index is -0.0997. The van der Waals surface area contributed by atoms with Crippen LogP contribution >= 0.6 is 0 Å². The van der Waals surface area contributed by atoms with Gasteiger partial charge in [-0.3, -0.25) is 9.69 Å². The number of para-hydroxylation sites is 1. The third-order valence-corrected chi connectivity index (χ3v) is 5.35. The molecule has 2 aromatic carbocycles. The van der Waals surface area contributed by atoms with Crippen LogP contribution in [0.1, 0.15) is 42.1 Å². The van der Waals surface area contributed by atoms with Gasteiger partial charge in [0.1, 0.15) is 11.9 Å². The number of ether oxygens (including phenoxy) is 3. The Bertz CT molecular complexity index is 855. The second kappa shape index (κ2) is 9.18. The first kappa shape index (κ1) is 19.6. The van der Waals surface area contributed by atoms with Gasteiger partial charge in [0.2, 0.25) is 6.79 Å². The van der Waals surface area contributed by atoms with Gasteiger partial charge >= 0.3 is 0 Å². The van der Waals surface area contributed by atoms with Crippen LogP contribution in [0.15, 0.2) is 42.5 Å². The van der Waals surface area contributed by atoms with Gasteiger partial charge in [-0.25, -0.2) is 0 Å². The lowest BCUT2D eigenvalue weighted by Crippen LogP contribution is -2.38. The summed E-state index contributed by atoms with van der Waals surface area (Å²) in [6, 6.07) is 13.5. The molecule has 1 atom stereocenters. The molecule has 0 spiro atoms. The summed E-state index contributed by atoms with van der Waals surface area (Å²) in [7, 11) is 0. The highest BCUT2D eigenvalue weighted by Crippen LogP contribution is 2.32. The lowest BCUT2D eigenvalue weighted by Gasteiger charge is -2.24. The van der Waals surface area contributed by atoms with E-state index in [1.807, 2.05) is 12.1 Å². The number of carbonyl (C=O) groups is 1. The van der Waals surface area contributed by atoms with E-state index in [4.69, 9.17) is 14.2 Å². The van der Waals surface area contributed by atoms with Gasteiger partial charge in [0.15, 0.2) is 11.5 Å². The molecule has 0 aliphatic carbocycles. The standard InChI is InChI=1S/C23H28N2O4/c1-2-3-7-19-15-25(14-18-6-4-5-8-20(18)29-19)12-11-24-23(26)17-9-10-21-22(13-17)28-16-27-21/h4-6,8-10,13,19H,2-3,7,11-12,14-16H2,1H3,(H,24,26)/t19-/m0/s1. The number of unbranched alkanes of at least 4 members (excludes halogenated alkanes) is 1. The van der Waals surface area contributed by atoms with Gasteiger partial charge in [0, 0.05) is 37.3 Å². The van der Waals surface area contributed by atoms with Crippen LogP contribution < -0.4 is 19.5 Å². The zero-order valence-electron chi connectivity index (χ0n) is 16.9. The van der Waals surface area contributed by atoms with E-state index < -0.39 is 0 Å². The predicted octanol–water partition coefficient (Wildman–Crippen LogP) is 3.60. The summed E-state index contributed by atoms with van der Waals surface area (Å²) >= 11 is 0. The van der Waals surface area contributed by atoms with Crippen molar-refractivity contribution in [1.29, 1.82) is 0 Å². The van der Waals surface area contributed by atoms with Gasteiger partial charge in [-0.05, 0) is 37.1 Å². The van der Waals surface area contributed by atoms with E-state index in [1.165, 1.54) is 5.56 Å². The van der Waals surface area contributed by atoms with Crippen molar-refractivity contribution in [3.8, 4) is 17.2 Å². The third-order valence-electron chi connectivity index (χ3n) is 5.35. The molecule has 0 fully saturated rings. The minimum Gasteiger partial charge on any atom is -0.489 e. The van der Waals surface area contributed by atoms with E-state index in [-0.39, 0.29) is 18.8 Å². The molecule has 29 heavy (non-hydrogen) atoms. The lowest BCUT2D eigenvalue weighted by molar-refractivity contribution is 0.0941. The first-order valence-electron chi connectivity index (χ1n) is 10.4. The zero-order chi connectivity index (χ0) is 20.1. The molecule has 1 N–H and O–H groups in total. The largest absolute Gasteiger partial charge is 0.489 e. The summed E-state index contributed by atoms with van der Waals surface area (Å²) in [6.07, 6.45) is 3.54. The predicted molar refractivity (Wildman–Crippen MR) is 111 cm³/mol. The van der Waals surface area contributed by atoms with Crippen molar-refractivity contribution in [2.45, 2.75) is 38.8 Å². The Balaban J connectivity index is 1.34. The van der Waals surface area contributed by atoms with Crippen LogP contribution in [0.2, 0.25) is 0 Å². The van der Waals surface area contributed by atoms with Crippen molar-refractivity contribution < 1.29 is 19.0 Å². The Hall–Kier alpha value is -2.73. The van der Waals surface area contributed by atoms with Crippen LogP contribution in [-0.4, -0.2) is 43.3 Å². The molecular formula is C23H28N2O4. The summed E-state index contributed by atoms with van der Waals surface area (Å²) in [6.45, 7) is 5.46. The Labute approximate surface area is 171 Å². The maximum Gasteiger partial charge on any atom is 0.251 e.